The molecule has 0 aliphatic carbocycles. The van der Waals surface area contributed by atoms with Crippen molar-refractivity contribution in [1.29, 1.82) is 5.26 Å². The first-order valence-electron chi connectivity index (χ1n) is 10.9. The number of pyridine rings is 1. The first kappa shape index (κ1) is 21.3. The van der Waals surface area contributed by atoms with Gasteiger partial charge in [-0.05, 0) is 49.5 Å². The summed E-state index contributed by atoms with van der Waals surface area (Å²) >= 11 is 0. The van der Waals surface area contributed by atoms with Crippen LogP contribution < -0.4 is 15.8 Å². The number of hydrogen-bond donors (Lipinski definition) is 1. The number of hydrogen-bond acceptors (Lipinski definition) is 5. The largest absolute Gasteiger partial charge is 0.356 e. The van der Waals surface area contributed by atoms with Crippen LogP contribution in [0, 0.1) is 11.3 Å². The Bertz CT molecular complexity index is 1230. The van der Waals surface area contributed by atoms with Gasteiger partial charge < -0.3 is 10.2 Å². The second-order valence-corrected chi connectivity index (χ2v) is 7.79. The van der Waals surface area contributed by atoms with Crippen molar-refractivity contribution in [2.45, 2.75) is 25.7 Å². The number of nitrogens with zero attached hydrogens (tertiary/aromatic N) is 4. The second kappa shape index (κ2) is 9.92. The van der Waals surface area contributed by atoms with Crippen LogP contribution in [0.3, 0.4) is 0 Å². The molecular formula is C25H25N5O2. The van der Waals surface area contributed by atoms with Gasteiger partial charge in [0.15, 0.2) is 0 Å². The molecule has 1 saturated heterocycles. The highest BCUT2D eigenvalue weighted by Crippen LogP contribution is 2.22. The molecule has 7 heteroatoms. The van der Waals surface area contributed by atoms with Crippen molar-refractivity contribution in [2.75, 3.05) is 24.5 Å². The standard InChI is InChI=1S/C25H25N5O2/c26-18-20(24(31)27-13-12-19-9-3-1-4-10-19)17-21-23(29-14-6-2-7-15-29)28-22-11-5-8-16-30(22)25(21)32/h1,3-5,8-11,16-17H,2,6-7,12-15H2,(H,27,31). The lowest BCUT2D eigenvalue weighted by Crippen LogP contribution is -2.34. The fourth-order valence-electron chi connectivity index (χ4n) is 3.92. The Balaban J connectivity index is 1.65. The maximum absolute atomic E-state index is 13.3. The molecule has 0 bridgehead atoms. The molecule has 3 aromatic rings. The number of aromatic nitrogens is 2. The van der Waals surface area contributed by atoms with Crippen molar-refractivity contribution in [3.8, 4) is 6.07 Å². The molecule has 1 aliphatic heterocycles. The summed E-state index contributed by atoms with van der Waals surface area (Å²) in [6.45, 7) is 1.98. The molecule has 4 rings (SSSR count). The summed E-state index contributed by atoms with van der Waals surface area (Å²) in [5.74, 6) is 0.0383. The number of benzene rings is 1. The van der Waals surface area contributed by atoms with Crippen LogP contribution in [0.15, 0.2) is 65.1 Å². The van der Waals surface area contributed by atoms with Crippen LogP contribution in [-0.4, -0.2) is 34.9 Å². The van der Waals surface area contributed by atoms with E-state index >= 15 is 0 Å². The summed E-state index contributed by atoms with van der Waals surface area (Å²) in [5, 5.41) is 12.4. The Morgan fingerprint density at radius 3 is 2.59 bits per heavy atom. The van der Waals surface area contributed by atoms with Crippen molar-refractivity contribution in [3.63, 3.8) is 0 Å². The van der Waals surface area contributed by atoms with E-state index in [0.717, 1.165) is 37.9 Å². The predicted octanol–water partition coefficient (Wildman–Crippen LogP) is 2.95. The van der Waals surface area contributed by atoms with Gasteiger partial charge in [-0.25, -0.2) is 4.98 Å². The minimum atomic E-state index is -0.495. The average Bonchev–Trinajstić information content (AvgIpc) is 2.84. The molecule has 1 fully saturated rings. The summed E-state index contributed by atoms with van der Waals surface area (Å²) in [6.07, 6.45) is 6.87. The summed E-state index contributed by atoms with van der Waals surface area (Å²) in [7, 11) is 0. The zero-order chi connectivity index (χ0) is 22.3. The zero-order valence-corrected chi connectivity index (χ0v) is 17.8. The van der Waals surface area contributed by atoms with Gasteiger partial charge >= 0.3 is 0 Å². The maximum Gasteiger partial charge on any atom is 0.267 e. The van der Waals surface area contributed by atoms with E-state index in [1.165, 1.54) is 10.5 Å². The van der Waals surface area contributed by atoms with E-state index in [2.05, 4.69) is 10.2 Å². The number of rotatable bonds is 6. The van der Waals surface area contributed by atoms with E-state index in [1.807, 2.05) is 42.5 Å². The Kier molecular flexibility index (Phi) is 6.61. The van der Waals surface area contributed by atoms with Gasteiger partial charge in [0.05, 0.1) is 5.56 Å². The van der Waals surface area contributed by atoms with Gasteiger partial charge in [-0.3, -0.25) is 14.0 Å². The second-order valence-electron chi connectivity index (χ2n) is 7.79. The van der Waals surface area contributed by atoms with Crippen molar-refractivity contribution in [3.05, 3.63) is 81.8 Å². The van der Waals surface area contributed by atoms with Crippen LogP contribution in [0.4, 0.5) is 5.82 Å². The van der Waals surface area contributed by atoms with Crippen molar-refractivity contribution < 1.29 is 4.79 Å². The lowest BCUT2D eigenvalue weighted by atomic mass is 10.1. The summed E-state index contributed by atoms with van der Waals surface area (Å²) in [5.41, 5.74) is 1.51. The SMILES string of the molecule is N#CC(=Cc1c(N2CCCCC2)nc2ccccn2c1=O)C(=O)NCCc1ccccc1. The number of piperidine rings is 1. The molecule has 2 aromatic heterocycles. The molecule has 1 N–H and O–H groups in total. The van der Waals surface area contributed by atoms with Crippen molar-refractivity contribution in [1.82, 2.24) is 14.7 Å². The molecule has 0 unspecified atom stereocenters. The van der Waals surface area contributed by atoms with Crippen molar-refractivity contribution in [2.24, 2.45) is 0 Å². The van der Waals surface area contributed by atoms with Crippen molar-refractivity contribution >= 4 is 23.4 Å². The third kappa shape index (κ3) is 4.70. The predicted molar refractivity (Wildman–Crippen MR) is 124 cm³/mol. The Labute approximate surface area is 186 Å². The summed E-state index contributed by atoms with van der Waals surface area (Å²) < 4.78 is 1.45. The molecule has 0 spiro atoms. The minimum absolute atomic E-state index is 0.105. The zero-order valence-electron chi connectivity index (χ0n) is 17.8. The third-order valence-electron chi connectivity index (χ3n) is 5.60. The van der Waals surface area contributed by atoms with Gasteiger partial charge in [0.25, 0.3) is 11.5 Å². The molecule has 162 valence electrons. The number of fused-ring (bicyclic) bond motifs is 1. The normalized spacial score (nSPS) is 14.2. The minimum Gasteiger partial charge on any atom is -0.356 e. The first-order valence-corrected chi connectivity index (χ1v) is 10.9. The van der Waals surface area contributed by atoms with Gasteiger partial charge in [0.2, 0.25) is 0 Å². The highest BCUT2D eigenvalue weighted by molar-refractivity contribution is 6.02. The van der Waals surface area contributed by atoms with Crippen LogP contribution in [0.2, 0.25) is 0 Å². The highest BCUT2D eigenvalue weighted by Gasteiger charge is 2.21. The quantitative estimate of drug-likeness (QED) is 0.483. The van der Waals surface area contributed by atoms with E-state index < -0.39 is 5.91 Å². The van der Waals surface area contributed by atoms with Crippen LogP contribution in [-0.2, 0) is 11.2 Å². The van der Waals surface area contributed by atoms with E-state index in [9.17, 15) is 14.9 Å². The Morgan fingerprint density at radius 1 is 1.09 bits per heavy atom. The number of anilines is 1. The average molecular weight is 428 g/mol. The number of amides is 1. The molecule has 7 nitrogen and oxygen atoms in total. The van der Waals surface area contributed by atoms with Gasteiger partial charge in [0.1, 0.15) is 23.1 Å². The number of nitriles is 1. The Hall–Kier alpha value is -3.92. The van der Waals surface area contributed by atoms with E-state index in [-0.39, 0.29) is 16.7 Å². The summed E-state index contributed by atoms with van der Waals surface area (Å²) in [4.78, 5) is 32.7. The highest BCUT2D eigenvalue weighted by atomic mass is 16.1. The molecule has 3 heterocycles. The van der Waals surface area contributed by atoms with E-state index in [4.69, 9.17) is 4.98 Å². The molecule has 1 amide bonds. The third-order valence-corrected chi connectivity index (χ3v) is 5.60. The van der Waals surface area contributed by atoms with E-state index in [1.54, 1.807) is 18.3 Å². The number of carbonyl (C=O) groups excluding carboxylic acids is 1. The molecule has 0 saturated carbocycles. The van der Waals surface area contributed by atoms with Crippen LogP contribution in [0.5, 0.6) is 0 Å². The fraction of sp³-hybridized carbons (Fsp3) is 0.280. The Morgan fingerprint density at radius 2 is 1.84 bits per heavy atom. The molecule has 1 aliphatic rings. The lowest BCUT2D eigenvalue weighted by Gasteiger charge is -2.29. The molecule has 0 radical (unpaired) electrons. The number of nitrogens with one attached hydrogen (secondary N) is 1. The van der Waals surface area contributed by atoms with Crippen LogP contribution in [0.25, 0.3) is 11.7 Å². The monoisotopic (exact) mass is 427 g/mol. The van der Waals surface area contributed by atoms with Crippen LogP contribution >= 0.6 is 0 Å². The smallest absolute Gasteiger partial charge is 0.267 e. The van der Waals surface area contributed by atoms with Gasteiger partial charge in [-0.1, -0.05) is 36.4 Å². The number of carbonyl (C=O) groups is 1. The van der Waals surface area contributed by atoms with Gasteiger partial charge in [0, 0.05) is 25.8 Å². The van der Waals surface area contributed by atoms with E-state index in [0.29, 0.717) is 24.4 Å². The lowest BCUT2D eigenvalue weighted by molar-refractivity contribution is -0.117. The first-order chi connectivity index (χ1) is 15.7. The van der Waals surface area contributed by atoms with Gasteiger partial charge in [-0.15, -0.1) is 0 Å². The molecular weight excluding hydrogens is 402 g/mol. The molecule has 32 heavy (non-hydrogen) atoms. The van der Waals surface area contributed by atoms with Crippen LogP contribution in [0.1, 0.15) is 30.4 Å². The summed E-state index contributed by atoms with van der Waals surface area (Å²) in [6, 6.07) is 17.1. The molecule has 0 atom stereocenters. The molecule has 1 aromatic carbocycles. The topological polar surface area (TPSA) is 90.5 Å². The maximum atomic E-state index is 13.3. The fourth-order valence-corrected chi connectivity index (χ4v) is 3.92. The van der Waals surface area contributed by atoms with Gasteiger partial charge in [-0.2, -0.15) is 5.26 Å².